The molecular formula is C13H17N3O. The number of anilines is 1. The molecule has 4 heteroatoms. The first kappa shape index (κ1) is 11.5. The molecule has 0 spiro atoms. The zero-order valence-electron chi connectivity index (χ0n) is 10.1. The zero-order chi connectivity index (χ0) is 12.3. The molecule has 0 saturated carbocycles. The third-order valence-corrected chi connectivity index (χ3v) is 2.82. The summed E-state index contributed by atoms with van der Waals surface area (Å²) in [7, 11) is 0. The standard InChI is InChI=1S/C13H17N3O/c1-3-9(2)14-11-6-4-10(5-7-11)12-8-13(17)16-15-12/h4-9,14H,3H2,1-2H3,(H2,15,16,17). The molecule has 0 aliphatic carbocycles. The minimum absolute atomic E-state index is 0.109. The summed E-state index contributed by atoms with van der Waals surface area (Å²) in [6.07, 6.45) is 1.09. The van der Waals surface area contributed by atoms with Crippen molar-refractivity contribution in [3.05, 3.63) is 40.7 Å². The van der Waals surface area contributed by atoms with Crippen LogP contribution in [0, 0.1) is 0 Å². The molecule has 4 nitrogen and oxygen atoms in total. The van der Waals surface area contributed by atoms with Crippen molar-refractivity contribution < 1.29 is 0 Å². The van der Waals surface area contributed by atoms with Crippen LogP contribution in [-0.2, 0) is 0 Å². The quantitative estimate of drug-likeness (QED) is 0.757. The molecule has 1 aromatic carbocycles. The minimum atomic E-state index is -0.109. The van der Waals surface area contributed by atoms with Gasteiger partial charge in [0, 0.05) is 17.8 Å². The maximum atomic E-state index is 11.0. The lowest BCUT2D eigenvalue weighted by Gasteiger charge is -2.12. The molecule has 0 aliphatic rings. The monoisotopic (exact) mass is 231 g/mol. The van der Waals surface area contributed by atoms with Crippen LogP contribution in [0.3, 0.4) is 0 Å². The summed E-state index contributed by atoms with van der Waals surface area (Å²) in [5, 5.41) is 8.76. The lowest BCUT2D eigenvalue weighted by molar-refractivity contribution is 0.764. The van der Waals surface area contributed by atoms with Crippen LogP contribution in [0.25, 0.3) is 11.3 Å². The predicted molar refractivity (Wildman–Crippen MR) is 70.2 cm³/mol. The Morgan fingerprint density at radius 3 is 2.47 bits per heavy atom. The molecule has 0 bridgehead atoms. The molecule has 90 valence electrons. The highest BCUT2D eigenvalue weighted by Crippen LogP contribution is 2.18. The number of aromatic nitrogens is 2. The van der Waals surface area contributed by atoms with E-state index in [4.69, 9.17) is 0 Å². The molecule has 0 radical (unpaired) electrons. The summed E-state index contributed by atoms with van der Waals surface area (Å²) >= 11 is 0. The van der Waals surface area contributed by atoms with E-state index in [0.717, 1.165) is 23.4 Å². The average molecular weight is 231 g/mol. The second-order valence-corrected chi connectivity index (χ2v) is 4.20. The molecule has 1 unspecified atom stereocenters. The van der Waals surface area contributed by atoms with Gasteiger partial charge in [0.15, 0.2) is 0 Å². The fourth-order valence-electron chi connectivity index (χ4n) is 1.62. The number of benzene rings is 1. The third kappa shape index (κ3) is 2.78. The molecule has 0 aliphatic heterocycles. The second-order valence-electron chi connectivity index (χ2n) is 4.20. The zero-order valence-corrected chi connectivity index (χ0v) is 10.1. The van der Waals surface area contributed by atoms with Crippen LogP contribution in [0.15, 0.2) is 35.1 Å². The van der Waals surface area contributed by atoms with Crippen LogP contribution in [-0.4, -0.2) is 16.2 Å². The Balaban J connectivity index is 2.15. The minimum Gasteiger partial charge on any atom is -0.383 e. The van der Waals surface area contributed by atoms with E-state index < -0.39 is 0 Å². The first-order chi connectivity index (χ1) is 8.19. The van der Waals surface area contributed by atoms with Crippen LogP contribution in [0.2, 0.25) is 0 Å². The first-order valence-electron chi connectivity index (χ1n) is 5.83. The van der Waals surface area contributed by atoms with Gasteiger partial charge in [-0.2, -0.15) is 0 Å². The summed E-state index contributed by atoms with van der Waals surface area (Å²) < 4.78 is 0. The van der Waals surface area contributed by atoms with Crippen molar-refractivity contribution >= 4 is 5.69 Å². The Kier molecular flexibility index (Phi) is 3.32. The van der Waals surface area contributed by atoms with Crippen molar-refractivity contribution in [1.82, 2.24) is 10.2 Å². The number of hydrogen-bond acceptors (Lipinski definition) is 2. The van der Waals surface area contributed by atoms with Crippen molar-refractivity contribution in [2.24, 2.45) is 0 Å². The number of nitrogens with one attached hydrogen (secondary N) is 3. The van der Waals surface area contributed by atoms with Gasteiger partial charge in [0.2, 0.25) is 0 Å². The van der Waals surface area contributed by atoms with Gasteiger partial charge in [-0.3, -0.25) is 15.0 Å². The van der Waals surface area contributed by atoms with E-state index >= 15 is 0 Å². The van der Waals surface area contributed by atoms with Crippen molar-refractivity contribution in [3.8, 4) is 11.3 Å². The Bertz CT molecular complexity index is 524. The van der Waals surface area contributed by atoms with Crippen molar-refractivity contribution in [2.45, 2.75) is 26.3 Å². The summed E-state index contributed by atoms with van der Waals surface area (Å²) in [6, 6.07) is 10.0. The lowest BCUT2D eigenvalue weighted by atomic mass is 10.1. The number of hydrogen-bond donors (Lipinski definition) is 3. The second kappa shape index (κ2) is 4.91. The van der Waals surface area contributed by atoms with E-state index in [1.807, 2.05) is 24.3 Å². The third-order valence-electron chi connectivity index (χ3n) is 2.82. The molecular weight excluding hydrogens is 214 g/mol. The van der Waals surface area contributed by atoms with Crippen molar-refractivity contribution in [2.75, 3.05) is 5.32 Å². The van der Waals surface area contributed by atoms with Crippen LogP contribution in [0.5, 0.6) is 0 Å². The summed E-state index contributed by atoms with van der Waals surface area (Å²) in [5.74, 6) is 0. The lowest BCUT2D eigenvalue weighted by Crippen LogP contribution is -2.12. The molecule has 17 heavy (non-hydrogen) atoms. The Morgan fingerprint density at radius 1 is 1.24 bits per heavy atom. The highest BCUT2D eigenvalue weighted by atomic mass is 16.1. The Hall–Kier alpha value is -1.97. The molecule has 0 fully saturated rings. The van der Waals surface area contributed by atoms with E-state index in [0.29, 0.717) is 6.04 Å². The maximum absolute atomic E-state index is 11.0. The van der Waals surface area contributed by atoms with Crippen LogP contribution in [0.1, 0.15) is 20.3 Å². The van der Waals surface area contributed by atoms with Gasteiger partial charge in [0.05, 0.1) is 5.69 Å². The molecule has 2 rings (SSSR count). The van der Waals surface area contributed by atoms with Crippen LogP contribution < -0.4 is 10.9 Å². The van der Waals surface area contributed by atoms with Gasteiger partial charge >= 0.3 is 0 Å². The van der Waals surface area contributed by atoms with E-state index in [1.165, 1.54) is 0 Å². The Morgan fingerprint density at radius 2 is 1.94 bits per heavy atom. The van der Waals surface area contributed by atoms with Gasteiger partial charge in [0.25, 0.3) is 5.56 Å². The average Bonchev–Trinajstić information content (AvgIpc) is 2.77. The summed E-state index contributed by atoms with van der Waals surface area (Å²) in [6.45, 7) is 4.30. The maximum Gasteiger partial charge on any atom is 0.264 e. The highest BCUT2D eigenvalue weighted by Gasteiger charge is 2.02. The van der Waals surface area contributed by atoms with Gasteiger partial charge in [-0.05, 0) is 31.0 Å². The topological polar surface area (TPSA) is 60.7 Å². The molecule has 0 amide bonds. The molecule has 3 N–H and O–H groups in total. The largest absolute Gasteiger partial charge is 0.383 e. The number of aromatic amines is 2. The Labute approximate surface area is 100 Å². The first-order valence-corrected chi connectivity index (χ1v) is 5.83. The highest BCUT2D eigenvalue weighted by molar-refractivity contribution is 5.62. The number of rotatable bonds is 4. The number of H-pyrrole nitrogens is 2. The van der Waals surface area contributed by atoms with Gasteiger partial charge in [0.1, 0.15) is 0 Å². The van der Waals surface area contributed by atoms with E-state index in [1.54, 1.807) is 6.07 Å². The van der Waals surface area contributed by atoms with Gasteiger partial charge in [-0.25, -0.2) is 0 Å². The van der Waals surface area contributed by atoms with Crippen LogP contribution in [0.4, 0.5) is 5.69 Å². The molecule has 2 aromatic rings. The SMILES string of the molecule is CCC(C)Nc1ccc(-c2cc(=O)[nH][nH]2)cc1. The van der Waals surface area contributed by atoms with Gasteiger partial charge in [-0.15, -0.1) is 0 Å². The van der Waals surface area contributed by atoms with Gasteiger partial charge in [-0.1, -0.05) is 19.1 Å². The molecule has 1 atom stereocenters. The molecule has 0 saturated heterocycles. The van der Waals surface area contributed by atoms with E-state index in [9.17, 15) is 4.79 Å². The fourth-order valence-corrected chi connectivity index (χ4v) is 1.62. The van der Waals surface area contributed by atoms with E-state index in [2.05, 4.69) is 29.4 Å². The smallest absolute Gasteiger partial charge is 0.264 e. The van der Waals surface area contributed by atoms with E-state index in [-0.39, 0.29) is 5.56 Å². The predicted octanol–water partition coefficient (Wildman–Crippen LogP) is 2.58. The molecule has 1 aromatic heterocycles. The molecule has 1 heterocycles. The van der Waals surface area contributed by atoms with Crippen molar-refractivity contribution in [1.29, 1.82) is 0 Å². The van der Waals surface area contributed by atoms with Crippen molar-refractivity contribution in [3.63, 3.8) is 0 Å². The normalized spacial score (nSPS) is 12.4. The summed E-state index contributed by atoms with van der Waals surface area (Å²) in [5.41, 5.74) is 2.80. The van der Waals surface area contributed by atoms with Crippen LogP contribution >= 0.6 is 0 Å². The van der Waals surface area contributed by atoms with Gasteiger partial charge < -0.3 is 5.32 Å². The summed E-state index contributed by atoms with van der Waals surface area (Å²) in [4.78, 5) is 11.0. The fraction of sp³-hybridized carbons (Fsp3) is 0.308.